The van der Waals surface area contributed by atoms with E-state index >= 15 is 0 Å². The fourth-order valence-corrected chi connectivity index (χ4v) is 3.48. The van der Waals surface area contributed by atoms with Crippen molar-refractivity contribution in [3.63, 3.8) is 0 Å². The van der Waals surface area contributed by atoms with Crippen molar-refractivity contribution in [1.82, 2.24) is 4.31 Å². The number of piperidine rings is 1. The van der Waals surface area contributed by atoms with E-state index in [1.54, 1.807) is 6.92 Å². The van der Waals surface area contributed by atoms with Crippen molar-refractivity contribution >= 4 is 15.7 Å². The van der Waals surface area contributed by atoms with Crippen LogP contribution in [0.5, 0.6) is 0 Å². The van der Waals surface area contributed by atoms with Crippen LogP contribution in [0.3, 0.4) is 0 Å². The van der Waals surface area contributed by atoms with Gasteiger partial charge >= 0.3 is 0 Å². The van der Waals surface area contributed by atoms with Gasteiger partial charge in [0.1, 0.15) is 5.82 Å². The first-order chi connectivity index (χ1) is 8.72. The van der Waals surface area contributed by atoms with Gasteiger partial charge in [-0.3, -0.25) is 0 Å². The van der Waals surface area contributed by atoms with Crippen molar-refractivity contribution in [3.05, 3.63) is 24.0 Å². The summed E-state index contributed by atoms with van der Waals surface area (Å²) < 4.78 is 39.2. The first kappa shape index (κ1) is 14.2. The number of rotatable bonds is 2. The Hall–Kier alpha value is -1.18. The van der Waals surface area contributed by atoms with Crippen molar-refractivity contribution in [3.8, 4) is 0 Å². The van der Waals surface area contributed by atoms with Gasteiger partial charge in [0, 0.05) is 13.1 Å². The number of sulfonamides is 1. The number of halogens is 1. The number of nitrogen functional groups attached to an aromatic ring is 1. The van der Waals surface area contributed by atoms with Crippen LogP contribution in [0.1, 0.15) is 19.8 Å². The molecule has 7 heteroatoms. The molecule has 1 aliphatic heterocycles. The standard InChI is InChI=1S/C12H17FN2O3S/c1-12(16)4-6-15(7-5-12)19(17,18)9-2-3-11(14)10(13)8-9/h2-3,8,16H,4-7,14H2,1H3. The molecule has 0 atom stereocenters. The van der Waals surface area contributed by atoms with E-state index in [1.807, 2.05) is 0 Å². The van der Waals surface area contributed by atoms with Gasteiger partial charge in [-0.15, -0.1) is 0 Å². The zero-order chi connectivity index (χ0) is 14.3. The second kappa shape index (κ2) is 4.73. The molecule has 0 bridgehead atoms. The minimum absolute atomic E-state index is 0.0828. The molecule has 0 radical (unpaired) electrons. The lowest BCUT2D eigenvalue weighted by Gasteiger charge is -2.34. The van der Waals surface area contributed by atoms with E-state index in [0.717, 1.165) is 6.07 Å². The maximum Gasteiger partial charge on any atom is 0.243 e. The van der Waals surface area contributed by atoms with E-state index in [0.29, 0.717) is 12.8 Å². The molecule has 1 saturated heterocycles. The number of hydrogen-bond acceptors (Lipinski definition) is 4. The average Bonchev–Trinajstić information content (AvgIpc) is 2.32. The highest BCUT2D eigenvalue weighted by Gasteiger charge is 2.34. The van der Waals surface area contributed by atoms with Crippen molar-refractivity contribution < 1.29 is 17.9 Å². The van der Waals surface area contributed by atoms with E-state index in [9.17, 15) is 17.9 Å². The number of aliphatic hydroxyl groups is 1. The van der Waals surface area contributed by atoms with Crippen LogP contribution in [-0.4, -0.2) is 36.5 Å². The summed E-state index contributed by atoms with van der Waals surface area (Å²) >= 11 is 0. The monoisotopic (exact) mass is 288 g/mol. The Kier molecular flexibility index (Phi) is 3.55. The van der Waals surface area contributed by atoms with E-state index in [-0.39, 0.29) is 23.7 Å². The normalized spacial score (nSPS) is 20.4. The Bertz CT molecular complexity index is 577. The minimum atomic E-state index is -3.72. The van der Waals surface area contributed by atoms with Crippen LogP contribution < -0.4 is 5.73 Å². The lowest BCUT2D eigenvalue weighted by atomic mass is 9.95. The SMILES string of the molecule is CC1(O)CCN(S(=O)(=O)c2ccc(N)c(F)c2)CC1. The lowest BCUT2D eigenvalue weighted by Crippen LogP contribution is -2.45. The summed E-state index contributed by atoms with van der Waals surface area (Å²) in [7, 11) is -3.72. The molecule has 1 aromatic rings. The predicted molar refractivity (Wildman–Crippen MR) is 69.4 cm³/mol. The van der Waals surface area contributed by atoms with E-state index in [1.165, 1.54) is 16.4 Å². The molecule has 0 aliphatic carbocycles. The molecule has 1 aromatic carbocycles. The fraction of sp³-hybridized carbons (Fsp3) is 0.500. The maximum atomic E-state index is 13.4. The van der Waals surface area contributed by atoms with E-state index < -0.39 is 21.4 Å². The molecule has 0 aromatic heterocycles. The highest BCUT2D eigenvalue weighted by Crippen LogP contribution is 2.27. The number of nitrogens with two attached hydrogens (primary N) is 1. The molecule has 5 nitrogen and oxygen atoms in total. The minimum Gasteiger partial charge on any atom is -0.396 e. The second-order valence-corrected chi connectivity index (χ2v) is 7.02. The largest absolute Gasteiger partial charge is 0.396 e. The molecular weight excluding hydrogens is 271 g/mol. The zero-order valence-corrected chi connectivity index (χ0v) is 11.5. The summed E-state index contributed by atoms with van der Waals surface area (Å²) in [6.45, 7) is 2.13. The highest BCUT2D eigenvalue weighted by atomic mass is 32.2. The molecule has 0 spiro atoms. The number of nitrogens with zero attached hydrogens (tertiary/aromatic N) is 1. The van der Waals surface area contributed by atoms with Crippen molar-refractivity contribution in [2.24, 2.45) is 0 Å². The topological polar surface area (TPSA) is 83.6 Å². The first-order valence-electron chi connectivity index (χ1n) is 6.00. The first-order valence-corrected chi connectivity index (χ1v) is 7.44. The molecule has 106 valence electrons. The van der Waals surface area contributed by atoms with Gasteiger partial charge in [-0.25, -0.2) is 12.8 Å². The lowest BCUT2D eigenvalue weighted by molar-refractivity contribution is 0.0126. The van der Waals surface area contributed by atoms with Gasteiger partial charge in [0.05, 0.1) is 16.2 Å². The Morgan fingerprint density at radius 2 is 1.95 bits per heavy atom. The third-order valence-electron chi connectivity index (χ3n) is 3.41. The van der Waals surface area contributed by atoms with Gasteiger partial charge in [0.15, 0.2) is 0 Å². The zero-order valence-electron chi connectivity index (χ0n) is 10.6. The van der Waals surface area contributed by atoms with Crippen LogP contribution in [0, 0.1) is 5.82 Å². The Balaban J connectivity index is 2.25. The summed E-state index contributed by atoms with van der Waals surface area (Å²) in [6, 6.07) is 3.46. The van der Waals surface area contributed by atoms with Crippen LogP contribution in [0.15, 0.2) is 23.1 Å². The Labute approximate surface area is 111 Å². The number of anilines is 1. The second-order valence-electron chi connectivity index (χ2n) is 5.08. The summed E-state index contributed by atoms with van der Waals surface area (Å²) in [6.07, 6.45) is 0.730. The summed E-state index contributed by atoms with van der Waals surface area (Å²) in [5.41, 5.74) is 4.41. The summed E-state index contributed by atoms with van der Waals surface area (Å²) in [5, 5.41) is 9.81. The smallest absolute Gasteiger partial charge is 0.243 e. The molecule has 19 heavy (non-hydrogen) atoms. The molecule has 2 rings (SSSR count). The molecule has 3 N–H and O–H groups in total. The quantitative estimate of drug-likeness (QED) is 0.793. The van der Waals surface area contributed by atoms with E-state index in [2.05, 4.69) is 0 Å². The molecule has 1 heterocycles. The van der Waals surface area contributed by atoms with Crippen LogP contribution in [0.25, 0.3) is 0 Å². The van der Waals surface area contributed by atoms with Crippen LogP contribution in [0.4, 0.5) is 10.1 Å². The third-order valence-corrected chi connectivity index (χ3v) is 5.30. The van der Waals surface area contributed by atoms with Crippen molar-refractivity contribution in [1.29, 1.82) is 0 Å². The van der Waals surface area contributed by atoms with Crippen LogP contribution in [0.2, 0.25) is 0 Å². The number of hydrogen-bond donors (Lipinski definition) is 2. The highest BCUT2D eigenvalue weighted by molar-refractivity contribution is 7.89. The molecule has 0 saturated carbocycles. The molecule has 1 fully saturated rings. The fourth-order valence-electron chi connectivity index (χ4n) is 2.03. The molecule has 0 unspecified atom stereocenters. The number of benzene rings is 1. The van der Waals surface area contributed by atoms with Crippen LogP contribution >= 0.6 is 0 Å². The predicted octanol–water partition coefficient (Wildman–Crippen LogP) is 0.943. The maximum absolute atomic E-state index is 13.4. The Morgan fingerprint density at radius 3 is 2.47 bits per heavy atom. The van der Waals surface area contributed by atoms with Gasteiger partial charge in [-0.05, 0) is 38.0 Å². The summed E-state index contributed by atoms with van der Waals surface area (Å²) in [4.78, 5) is -0.110. The van der Waals surface area contributed by atoms with Crippen molar-refractivity contribution in [2.75, 3.05) is 18.8 Å². The molecule has 1 aliphatic rings. The van der Waals surface area contributed by atoms with Gasteiger partial charge < -0.3 is 10.8 Å². The van der Waals surface area contributed by atoms with Gasteiger partial charge in [0.2, 0.25) is 10.0 Å². The van der Waals surface area contributed by atoms with Gasteiger partial charge in [-0.2, -0.15) is 4.31 Å². The Morgan fingerprint density at radius 1 is 1.37 bits per heavy atom. The van der Waals surface area contributed by atoms with Crippen molar-refractivity contribution in [2.45, 2.75) is 30.3 Å². The third kappa shape index (κ3) is 2.88. The molecule has 0 amide bonds. The van der Waals surface area contributed by atoms with Crippen LogP contribution in [-0.2, 0) is 10.0 Å². The van der Waals surface area contributed by atoms with E-state index in [4.69, 9.17) is 5.73 Å². The molecular formula is C12H17FN2O3S. The van der Waals surface area contributed by atoms with Gasteiger partial charge in [-0.1, -0.05) is 0 Å². The van der Waals surface area contributed by atoms with Gasteiger partial charge in [0.25, 0.3) is 0 Å². The summed E-state index contributed by atoms with van der Waals surface area (Å²) in [5.74, 6) is -0.745. The average molecular weight is 288 g/mol.